The molecule has 0 radical (unpaired) electrons. The van der Waals surface area contributed by atoms with Gasteiger partial charge in [0.25, 0.3) is 0 Å². The quantitative estimate of drug-likeness (QED) is 0.787. The third-order valence-corrected chi connectivity index (χ3v) is 4.03. The highest BCUT2D eigenvalue weighted by Gasteiger charge is 2.32. The second-order valence-electron chi connectivity index (χ2n) is 5.84. The van der Waals surface area contributed by atoms with Crippen molar-refractivity contribution in [2.45, 2.75) is 32.0 Å². The van der Waals surface area contributed by atoms with Crippen LogP contribution in [-0.4, -0.2) is 28.0 Å². The predicted octanol–water partition coefficient (Wildman–Crippen LogP) is 2.73. The lowest BCUT2D eigenvalue weighted by Gasteiger charge is -2.22. The van der Waals surface area contributed by atoms with Crippen LogP contribution in [0.5, 0.6) is 0 Å². The fourth-order valence-electron chi connectivity index (χ4n) is 2.56. The molecule has 4 nitrogen and oxygen atoms in total. The fourth-order valence-corrected chi connectivity index (χ4v) is 2.56. The van der Waals surface area contributed by atoms with Crippen LogP contribution in [0.2, 0.25) is 0 Å². The molecule has 22 heavy (non-hydrogen) atoms. The van der Waals surface area contributed by atoms with Crippen molar-refractivity contribution < 1.29 is 9.53 Å². The summed E-state index contributed by atoms with van der Waals surface area (Å²) >= 11 is 0. The Balaban J connectivity index is 1.53. The Hall–Kier alpha value is -2.07. The molecule has 2 aromatic rings. The molecule has 0 bridgehead atoms. The van der Waals surface area contributed by atoms with E-state index in [1.165, 1.54) is 0 Å². The molecule has 0 saturated heterocycles. The minimum absolute atomic E-state index is 0.0830. The first kappa shape index (κ1) is 14.9. The van der Waals surface area contributed by atoms with Crippen LogP contribution in [0.4, 0.5) is 0 Å². The van der Waals surface area contributed by atoms with E-state index in [-0.39, 0.29) is 12.5 Å². The molecule has 116 valence electrons. The zero-order valence-electron chi connectivity index (χ0n) is 12.9. The Labute approximate surface area is 131 Å². The molecule has 1 aliphatic rings. The van der Waals surface area contributed by atoms with Gasteiger partial charge >= 0.3 is 0 Å². The van der Waals surface area contributed by atoms with Gasteiger partial charge in [0, 0.05) is 25.0 Å². The van der Waals surface area contributed by atoms with Gasteiger partial charge in [-0.25, -0.2) is 0 Å². The number of hydrogen-bond acceptors (Lipinski definition) is 2. The summed E-state index contributed by atoms with van der Waals surface area (Å²) < 4.78 is 7.65. The Morgan fingerprint density at radius 1 is 1.23 bits per heavy atom. The molecule has 0 atom stereocenters. The van der Waals surface area contributed by atoms with E-state index in [2.05, 4.69) is 10.6 Å². The molecule has 3 rings (SSSR count). The van der Waals surface area contributed by atoms with Gasteiger partial charge in [0.2, 0.25) is 5.91 Å². The summed E-state index contributed by atoms with van der Waals surface area (Å²) in [4.78, 5) is 14.4. The van der Waals surface area contributed by atoms with E-state index in [1.807, 2.05) is 54.5 Å². The van der Waals surface area contributed by atoms with Gasteiger partial charge in [0.1, 0.15) is 6.61 Å². The highest BCUT2D eigenvalue weighted by molar-refractivity contribution is 5.78. The second-order valence-corrected chi connectivity index (χ2v) is 5.84. The van der Waals surface area contributed by atoms with Gasteiger partial charge in [-0.2, -0.15) is 0 Å². The lowest BCUT2D eigenvalue weighted by atomic mass is 10.2. The van der Waals surface area contributed by atoms with Gasteiger partial charge in [0.05, 0.1) is 13.2 Å². The average Bonchev–Trinajstić information content (AvgIpc) is 3.29. The SMILES string of the molecule is Cn1cccc1CN(C(=O)COCc1ccccc1)C1CC1. The molecule has 1 amide bonds. The second kappa shape index (κ2) is 6.79. The number of ether oxygens (including phenoxy) is 1. The van der Waals surface area contributed by atoms with Crippen LogP contribution in [0.15, 0.2) is 48.7 Å². The number of carbonyl (C=O) groups is 1. The standard InChI is InChI=1S/C18H22N2O2/c1-19-11-5-8-17(19)12-20(16-9-10-16)18(21)14-22-13-15-6-3-2-4-7-15/h2-8,11,16H,9-10,12-14H2,1H3. The monoisotopic (exact) mass is 298 g/mol. The van der Waals surface area contributed by atoms with Crippen molar-refractivity contribution >= 4 is 5.91 Å². The number of amides is 1. The van der Waals surface area contributed by atoms with Crippen LogP contribution in [0.1, 0.15) is 24.1 Å². The first-order valence-corrected chi connectivity index (χ1v) is 7.75. The lowest BCUT2D eigenvalue weighted by Crippen LogP contribution is -2.35. The molecule has 1 heterocycles. The molecule has 0 unspecified atom stereocenters. The summed E-state index contributed by atoms with van der Waals surface area (Å²) in [7, 11) is 2.01. The third-order valence-electron chi connectivity index (χ3n) is 4.03. The average molecular weight is 298 g/mol. The topological polar surface area (TPSA) is 34.5 Å². The minimum Gasteiger partial charge on any atom is -0.367 e. The number of aryl methyl sites for hydroxylation is 1. The zero-order valence-corrected chi connectivity index (χ0v) is 12.9. The van der Waals surface area contributed by atoms with Crippen LogP contribution in [0, 0.1) is 0 Å². The maximum Gasteiger partial charge on any atom is 0.249 e. The fraction of sp³-hybridized carbons (Fsp3) is 0.389. The maximum absolute atomic E-state index is 12.4. The van der Waals surface area contributed by atoms with E-state index in [9.17, 15) is 4.79 Å². The van der Waals surface area contributed by atoms with Gasteiger partial charge in [-0.1, -0.05) is 30.3 Å². The molecule has 1 fully saturated rings. The molecule has 1 aliphatic carbocycles. The van der Waals surface area contributed by atoms with Gasteiger partial charge < -0.3 is 14.2 Å². The van der Waals surface area contributed by atoms with Gasteiger partial charge in [-0.05, 0) is 30.5 Å². The number of rotatable bonds is 7. The molecule has 1 saturated carbocycles. The normalized spacial score (nSPS) is 14.0. The van der Waals surface area contributed by atoms with E-state index >= 15 is 0 Å². The molecule has 1 aromatic carbocycles. The Morgan fingerprint density at radius 3 is 2.64 bits per heavy atom. The number of aromatic nitrogens is 1. The molecular weight excluding hydrogens is 276 g/mol. The lowest BCUT2D eigenvalue weighted by molar-refractivity contribution is -0.137. The van der Waals surface area contributed by atoms with Crippen molar-refractivity contribution in [2.24, 2.45) is 7.05 Å². The summed E-state index contributed by atoms with van der Waals surface area (Å²) in [5.41, 5.74) is 2.25. The van der Waals surface area contributed by atoms with Crippen molar-refractivity contribution in [2.75, 3.05) is 6.61 Å². The number of nitrogens with zero attached hydrogens (tertiary/aromatic N) is 2. The third kappa shape index (κ3) is 3.77. The van der Waals surface area contributed by atoms with E-state index in [0.717, 1.165) is 24.1 Å². The van der Waals surface area contributed by atoms with Crippen molar-refractivity contribution in [3.8, 4) is 0 Å². The van der Waals surface area contributed by atoms with Crippen LogP contribution in [0.25, 0.3) is 0 Å². The van der Waals surface area contributed by atoms with Crippen molar-refractivity contribution in [3.05, 3.63) is 59.9 Å². The van der Waals surface area contributed by atoms with E-state index in [1.54, 1.807) is 0 Å². The summed E-state index contributed by atoms with van der Waals surface area (Å²) in [5, 5.41) is 0. The van der Waals surface area contributed by atoms with E-state index in [4.69, 9.17) is 4.74 Å². The summed E-state index contributed by atoms with van der Waals surface area (Å²) in [6, 6.07) is 14.4. The van der Waals surface area contributed by atoms with Crippen molar-refractivity contribution in [1.29, 1.82) is 0 Å². The van der Waals surface area contributed by atoms with E-state index in [0.29, 0.717) is 19.2 Å². The minimum atomic E-state index is 0.0830. The summed E-state index contributed by atoms with van der Waals surface area (Å²) in [6.07, 6.45) is 4.22. The highest BCUT2D eigenvalue weighted by atomic mass is 16.5. The van der Waals surface area contributed by atoms with Crippen molar-refractivity contribution in [3.63, 3.8) is 0 Å². The number of benzene rings is 1. The van der Waals surface area contributed by atoms with Crippen molar-refractivity contribution in [1.82, 2.24) is 9.47 Å². The molecule has 0 aliphatic heterocycles. The molecular formula is C18H22N2O2. The Bertz CT molecular complexity index is 617. The smallest absolute Gasteiger partial charge is 0.249 e. The first-order valence-electron chi connectivity index (χ1n) is 7.75. The Morgan fingerprint density at radius 2 is 2.00 bits per heavy atom. The zero-order chi connectivity index (χ0) is 15.4. The van der Waals surface area contributed by atoms with Crippen LogP contribution >= 0.6 is 0 Å². The molecule has 0 spiro atoms. The number of carbonyl (C=O) groups excluding carboxylic acids is 1. The predicted molar refractivity (Wildman–Crippen MR) is 85.1 cm³/mol. The maximum atomic E-state index is 12.4. The highest BCUT2D eigenvalue weighted by Crippen LogP contribution is 2.28. The van der Waals surface area contributed by atoms with Crippen LogP contribution in [-0.2, 0) is 29.7 Å². The summed E-state index contributed by atoms with van der Waals surface area (Å²) in [6.45, 7) is 1.30. The molecule has 4 heteroatoms. The van der Waals surface area contributed by atoms with Crippen LogP contribution < -0.4 is 0 Å². The van der Waals surface area contributed by atoms with Gasteiger partial charge in [-0.15, -0.1) is 0 Å². The van der Waals surface area contributed by atoms with Gasteiger partial charge in [0.15, 0.2) is 0 Å². The van der Waals surface area contributed by atoms with Crippen LogP contribution in [0.3, 0.4) is 0 Å². The molecule has 0 N–H and O–H groups in total. The first-order chi connectivity index (χ1) is 10.7. The van der Waals surface area contributed by atoms with Gasteiger partial charge in [-0.3, -0.25) is 4.79 Å². The molecule has 1 aromatic heterocycles. The summed E-state index contributed by atoms with van der Waals surface area (Å²) in [5.74, 6) is 0.0830. The van der Waals surface area contributed by atoms with E-state index < -0.39 is 0 Å². The number of hydrogen-bond donors (Lipinski definition) is 0. The largest absolute Gasteiger partial charge is 0.367 e. The Kier molecular flexibility index (Phi) is 4.59.